The van der Waals surface area contributed by atoms with E-state index in [1.807, 2.05) is 19.1 Å². The van der Waals surface area contributed by atoms with E-state index >= 15 is 0 Å². The number of ether oxygens (including phenoxy) is 2. The van der Waals surface area contributed by atoms with Gasteiger partial charge in [-0.3, -0.25) is 0 Å². The Morgan fingerprint density at radius 1 is 1.17 bits per heavy atom. The zero-order valence-electron chi connectivity index (χ0n) is 10.4. The molecular formula is C13H13ClN2O2. The Hall–Kier alpha value is -1.81. The maximum atomic E-state index is 6.14. The summed E-state index contributed by atoms with van der Waals surface area (Å²) in [6, 6.07) is 5.81. The molecule has 0 aliphatic carbocycles. The van der Waals surface area contributed by atoms with Crippen LogP contribution < -0.4 is 9.47 Å². The van der Waals surface area contributed by atoms with Crippen LogP contribution in [0.4, 0.5) is 0 Å². The lowest BCUT2D eigenvalue weighted by Crippen LogP contribution is -1.95. The van der Waals surface area contributed by atoms with Gasteiger partial charge in [0.15, 0.2) is 0 Å². The van der Waals surface area contributed by atoms with Crippen molar-refractivity contribution in [2.24, 2.45) is 0 Å². The fourth-order valence-electron chi connectivity index (χ4n) is 1.61. The Kier molecular flexibility index (Phi) is 3.67. The average Bonchev–Trinajstić information content (AvgIpc) is 2.41. The molecule has 2 rings (SSSR count). The molecule has 1 aromatic carbocycles. The Bertz CT molecular complexity index is 573. The number of aromatic nitrogens is 2. The second kappa shape index (κ2) is 5.23. The molecule has 18 heavy (non-hydrogen) atoms. The van der Waals surface area contributed by atoms with Crippen molar-refractivity contribution in [2.45, 2.75) is 6.92 Å². The number of rotatable bonds is 3. The summed E-state index contributed by atoms with van der Waals surface area (Å²) in [6.07, 6.45) is 1.63. The maximum absolute atomic E-state index is 6.14. The van der Waals surface area contributed by atoms with Gasteiger partial charge >= 0.3 is 6.01 Å². The molecule has 4 nitrogen and oxygen atoms in total. The van der Waals surface area contributed by atoms with Crippen molar-refractivity contribution in [1.29, 1.82) is 0 Å². The Balaban J connectivity index is 2.58. The monoisotopic (exact) mass is 264 g/mol. The summed E-state index contributed by atoms with van der Waals surface area (Å²) >= 11 is 6.14. The molecule has 0 bridgehead atoms. The van der Waals surface area contributed by atoms with E-state index in [9.17, 15) is 0 Å². The number of hydrogen-bond acceptors (Lipinski definition) is 4. The first-order valence-corrected chi connectivity index (χ1v) is 5.75. The van der Waals surface area contributed by atoms with Crippen molar-refractivity contribution < 1.29 is 9.47 Å². The van der Waals surface area contributed by atoms with Gasteiger partial charge in [-0.25, -0.2) is 4.98 Å². The molecule has 0 atom stereocenters. The van der Waals surface area contributed by atoms with Gasteiger partial charge < -0.3 is 9.47 Å². The molecule has 94 valence electrons. The summed E-state index contributed by atoms with van der Waals surface area (Å²) in [5, 5.41) is 0.670. The predicted octanol–water partition coefficient (Wildman–Crippen LogP) is 3.12. The molecule has 0 N–H and O–H groups in total. The van der Waals surface area contributed by atoms with Crippen LogP contribution >= 0.6 is 11.6 Å². The van der Waals surface area contributed by atoms with Gasteiger partial charge in [0, 0.05) is 16.8 Å². The van der Waals surface area contributed by atoms with Crippen LogP contribution in [0.25, 0.3) is 11.3 Å². The van der Waals surface area contributed by atoms with Gasteiger partial charge in [0.1, 0.15) is 5.75 Å². The van der Waals surface area contributed by atoms with E-state index in [1.54, 1.807) is 19.4 Å². The highest BCUT2D eigenvalue weighted by Gasteiger charge is 2.11. The lowest BCUT2D eigenvalue weighted by Gasteiger charge is -2.10. The lowest BCUT2D eigenvalue weighted by atomic mass is 10.1. The van der Waals surface area contributed by atoms with Crippen molar-refractivity contribution in [1.82, 2.24) is 9.97 Å². The molecule has 1 heterocycles. The van der Waals surface area contributed by atoms with E-state index in [-0.39, 0.29) is 0 Å². The standard InChI is InChI=1S/C13H13ClN2O2/c1-8-6-12(17-2)9(7-10(8)14)11-4-5-15-13(16-11)18-3/h4-7H,1-3H3. The minimum Gasteiger partial charge on any atom is -0.496 e. The molecule has 0 saturated heterocycles. The summed E-state index contributed by atoms with van der Waals surface area (Å²) in [7, 11) is 3.14. The predicted molar refractivity (Wildman–Crippen MR) is 70.3 cm³/mol. The van der Waals surface area contributed by atoms with Gasteiger partial charge in [-0.1, -0.05) is 11.6 Å². The normalized spacial score (nSPS) is 10.2. The first kappa shape index (κ1) is 12.6. The van der Waals surface area contributed by atoms with E-state index in [2.05, 4.69) is 9.97 Å². The van der Waals surface area contributed by atoms with Crippen molar-refractivity contribution in [3.63, 3.8) is 0 Å². The lowest BCUT2D eigenvalue weighted by molar-refractivity contribution is 0.380. The fourth-order valence-corrected chi connectivity index (χ4v) is 1.78. The molecule has 0 saturated carbocycles. The summed E-state index contributed by atoms with van der Waals surface area (Å²) in [4.78, 5) is 8.24. The molecule has 5 heteroatoms. The van der Waals surface area contributed by atoms with Gasteiger partial charge in [0.25, 0.3) is 0 Å². The zero-order valence-corrected chi connectivity index (χ0v) is 11.2. The summed E-state index contributed by atoms with van der Waals surface area (Å²) in [5.74, 6) is 0.720. The summed E-state index contributed by atoms with van der Waals surface area (Å²) in [5.41, 5.74) is 2.48. The van der Waals surface area contributed by atoms with Gasteiger partial charge in [-0.2, -0.15) is 4.98 Å². The number of hydrogen-bond donors (Lipinski definition) is 0. The van der Waals surface area contributed by atoms with Gasteiger partial charge in [-0.15, -0.1) is 0 Å². The molecule has 0 amide bonds. The van der Waals surface area contributed by atoms with Crippen molar-refractivity contribution >= 4 is 11.6 Å². The minimum absolute atomic E-state index is 0.311. The molecule has 0 fully saturated rings. The van der Waals surface area contributed by atoms with Crippen LogP contribution in [0, 0.1) is 6.92 Å². The summed E-state index contributed by atoms with van der Waals surface area (Å²) in [6.45, 7) is 1.93. The number of methoxy groups -OCH3 is 2. The Morgan fingerprint density at radius 2 is 1.94 bits per heavy atom. The average molecular weight is 265 g/mol. The van der Waals surface area contributed by atoms with E-state index in [1.165, 1.54) is 7.11 Å². The molecule has 0 unspecified atom stereocenters. The van der Waals surface area contributed by atoms with Crippen LogP contribution in [0.3, 0.4) is 0 Å². The zero-order chi connectivity index (χ0) is 13.1. The van der Waals surface area contributed by atoms with E-state index < -0.39 is 0 Å². The second-order valence-corrected chi connectivity index (χ2v) is 4.14. The van der Waals surface area contributed by atoms with Crippen LogP contribution in [0.1, 0.15) is 5.56 Å². The van der Waals surface area contributed by atoms with E-state index in [0.29, 0.717) is 16.7 Å². The van der Waals surface area contributed by atoms with Crippen molar-refractivity contribution in [3.05, 3.63) is 35.0 Å². The van der Waals surface area contributed by atoms with Crippen molar-refractivity contribution in [3.8, 4) is 23.0 Å². The molecule has 0 spiro atoms. The largest absolute Gasteiger partial charge is 0.496 e. The van der Waals surface area contributed by atoms with Gasteiger partial charge in [0.2, 0.25) is 0 Å². The molecular weight excluding hydrogens is 252 g/mol. The Labute approximate surface area is 111 Å². The van der Waals surface area contributed by atoms with E-state index in [0.717, 1.165) is 16.9 Å². The highest BCUT2D eigenvalue weighted by molar-refractivity contribution is 6.31. The number of aryl methyl sites for hydroxylation is 1. The third kappa shape index (κ3) is 2.38. The number of nitrogens with zero attached hydrogens (tertiary/aromatic N) is 2. The Morgan fingerprint density at radius 3 is 2.61 bits per heavy atom. The molecule has 2 aromatic rings. The molecule has 0 radical (unpaired) electrons. The molecule has 1 aromatic heterocycles. The highest BCUT2D eigenvalue weighted by atomic mass is 35.5. The van der Waals surface area contributed by atoms with Gasteiger partial charge in [-0.05, 0) is 30.7 Å². The molecule has 0 aliphatic rings. The van der Waals surface area contributed by atoms with Crippen LogP contribution in [0.5, 0.6) is 11.8 Å². The van der Waals surface area contributed by atoms with Crippen LogP contribution in [0.2, 0.25) is 5.02 Å². The summed E-state index contributed by atoms with van der Waals surface area (Å²) < 4.78 is 10.4. The fraction of sp³-hybridized carbons (Fsp3) is 0.231. The second-order valence-electron chi connectivity index (χ2n) is 3.73. The first-order valence-electron chi connectivity index (χ1n) is 5.37. The quantitative estimate of drug-likeness (QED) is 0.854. The van der Waals surface area contributed by atoms with Crippen LogP contribution in [-0.4, -0.2) is 24.2 Å². The van der Waals surface area contributed by atoms with Gasteiger partial charge in [0.05, 0.1) is 19.9 Å². The smallest absolute Gasteiger partial charge is 0.316 e. The highest BCUT2D eigenvalue weighted by Crippen LogP contribution is 2.33. The minimum atomic E-state index is 0.311. The number of halogens is 1. The van der Waals surface area contributed by atoms with Crippen molar-refractivity contribution in [2.75, 3.05) is 14.2 Å². The first-order chi connectivity index (χ1) is 8.65. The third-order valence-corrected chi connectivity index (χ3v) is 2.98. The molecule has 0 aliphatic heterocycles. The van der Waals surface area contributed by atoms with Crippen LogP contribution in [-0.2, 0) is 0 Å². The maximum Gasteiger partial charge on any atom is 0.316 e. The third-order valence-electron chi connectivity index (χ3n) is 2.57. The van der Waals surface area contributed by atoms with Crippen LogP contribution in [0.15, 0.2) is 24.4 Å². The van der Waals surface area contributed by atoms with E-state index in [4.69, 9.17) is 21.1 Å². The number of benzene rings is 1. The topological polar surface area (TPSA) is 44.2 Å². The SMILES string of the molecule is COc1nccc(-c2cc(Cl)c(C)cc2OC)n1.